The van der Waals surface area contributed by atoms with Gasteiger partial charge in [-0.2, -0.15) is 0 Å². The molecule has 0 aliphatic rings. The minimum atomic E-state index is -1.49. The molecule has 0 heterocycles. The van der Waals surface area contributed by atoms with E-state index in [0.717, 1.165) is 5.56 Å². The molecular formula is C11H13FO2. The van der Waals surface area contributed by atoms with E-state index in [9.17, 15) is 9.18 Å². The Morgan fingerprint density at radius 3 is 2.64 bits per heavy atom. The van der Waals surface area contributed by atoms with Crippen molar-refractivity contribution < 1.29 is 13.9 Å². The maximum atomic E-state index is 12.9. The quantitative estimate of drug-likeness (QED) is 0.691. The average molecular weight is 196 g/mol. The normalized spacial score (nSPS) is 12.1. The van der Waals surface area contributed by atoms with Gasteiger partial charge in [0.1, 0.15) is 0 Å². The first-order valence-corrected chi connectivity index (χ1v) is 4.53. The van der Waals surface area contributed by atoms with Gasteiger partial charge in [-0.3, -0.25) is 4.79 Å². The molecule has 0 bridgehead atoms. The van der Waals surface area contributed by atoms with Gasteiger partial charge in [0.2, 0.25) is 6.36 Å². The summed E-state index contributed by atoms with van der Waals surface area (Å²) in [4.78, 5) is 10.4. The van der Waals surface area contributed by atoms with E-state index < -0.39 is 12.3 Å². The first-order chi connectivity index (χ1) is 6.68. The SMILES string of the molecule is CC(=O)OC(F)CCc1ccccc1. The Balaban J connectivity index is 2.30. The number of hydrogen-bond donors (Lipinski definition) is 0. The molecule has 0 aromatic heterocycles. The van der Waals surface area contributed by atoms with E-state index in [2.05, 4.69) is 4.74 Å². The van der Waals surface area contributed by atoms with Crippen LogP contribution in [0.4, 0.5) is 4.39 Å². The van der Waals surface area contributed by atoms with E-state index in [1.54, 1.807) is 0 Å². The van der Waals surface area contributed by atoms with Crippen LogP contribution in [0.1, 0.15) is 18.9 Å². The number of aryl methyl sites for hydroxylation is 1. The van der Waals surface area contributed by atoms with Crippen molar-refractivity contribution in [2.24, 2.45) is 0 Å². The molecule has 0 radical (unpaired) electrons. The van der Waals surface area contributed by atoms with Gasteiger partial charge in [0.15, 0.2) is 0 Å². The number of rotatable bonds is 4. The molecule has 0 amide bonds. The number of alkyl halides is 1. The predicted molar refractivity (Wildman–Crippen MR) is 51.4 cm³/mol. The van der Waals surface area contributed by atoms with Crippen molar-refractivity contribution in [1.29, 1.82) is 0 Å². The smallest absolute Gasteiger partial charge is 0.305 e. The number of carbonyl (C=O) groups is 1. The largest absolute Gasteiger partial charge is 0.431 e. The van der Waals surface area contributed by atoms with E-state index in [-0.39, 0.29) is 6.42 Å². The van der Waals surface area contributed by atoms with Gasteiger partial charge in [-0.15, -0.1) is 0 Å². The highest BCUT2D eigenvalue weighted by molar-refractivity contribution is 5.66. The number of halogens is 1. The lowest BCUT2D eigenvalue weighted by molar-refractivity contribution is -0.155. The molecule has 1 rings (SSSR count). The van der Waals surface area contributed by atoms with Crippen LogP contribution in [0.3, 0.4) is 0 Å². The van der Waals surface area contributed by atoms with Gasteiger partial charge in [0, 0.05) is 13.3 Å². The third kappa shape index (κ3) is 4.03. The lowest BCUT2D eigenvalue weighted by atomic mass is 10.1. The summed E-state index contributed by atoms with van der Waals surface area (Å²) in [5, 5.41) is 0. The molecule has 0 aliphatic carbocycles. The zero-order valence-electron chi connectivity index (χ0n) is 8.07. The highest BCUT2D eigenvalue weighted by Crippen LogP contribution is 2.08. The lowest BCUT2D eigenvalue weighted by Crippen LogP contribution is -2.11. The lowest BCUT2D eigenvalue weighted by Gasteiger charge is -2.07. The Hall–Kier alpha value is -1.38. The number of hydrogen-bond acceptors (Lipinski definition) is 2. The number of benzene rings is 1. The molecule has 0 spiro atoms. The molecule has 1 aromatic carbocycles. The fourth-order valence-electron chi connectivity index (χ4n) is 1.16. The van der Waals surface area contributed by atoms with E-state index in [0.29, 0.717) is 6.42 Å². The molecular weight excluding hydrogens is 183 g/mol. The maximum Gasteiger partial charge on any atom is 0.305 e. The highest BCUT2D eigenvalue weighted by Gasteiger charge is 2.08. The second kappa shape index (κ2) is 5.37. The fraction of sp³-hybridized carbons (Fsp3) is 0.364. The standard InChI is InChI=1S/C11H13FO2/c1-9(13)14-11(12)8-7-10-5-3-2-4-6-10/h2-6,11H,7-8H2,1H3. The molecule has 0 aliphatic heterocycles. The minimum Gasteiger partial charge on any atom is -0.431 e. The Morgan fingerprint density at radius 1 is 1.43 bits per heavy atom. The highest BCUT2D eigenvalue weighted by atomic mass is 19.1. The van der Waals surface area contributed by atoms with Gasteiger partial charge in [-0.05, 0) is 12.0 Å². The van der Waals surface area contributed by atoms with Gasteiger partial charge >= 0.3 is 5.97 Å². The molecule has 0 fully saturated rings. The molecule has 0 N–H and O–H groups in total. The molecule has 76 valence electrons. The molecule has 1 atom stereocenters. The van der Waals surface area contributed by atoms with Crippen molar-refractivity contribution in [3.63, 3.8) is 0 Å². The van der Waals surface area contributed by atoms with Crippen LogP contribution in [-0.4, -0.2) is 12.3 Å². The second-order valence-corrected chi connectivity index (χ2v) is 3.04. The van der Waals surface area contributed by atoms with Crippen molar-refractivity contribution >= 4 is 5.97 Å². The molecule has 1 aromatic rings. The predicted octanol–water partition coefficient (Wildman–Crippen LogP) is 2.48. The van der Waals surface area contributed by atoms with Gasteiger partial charge in [-0.25, -0.2) is 4.39 Å². The van der Waals surface area contributed by atoms with Crippen molar-refractivity contribution in [3.05, 3.63) is 35.9 Å². The van der Waals surface area contributed by atoms with E-state index >= 15 is 0 Å². The van der Waals surface area contributed by atoms with Crippen molar-refractivity contribution in [1.82, 2.24) is 0 Å². The van der Waals surface area contributed by atoms with Gasteiger partial charge < -0.3 is 4.74 Å². The first kappa shape index (κ1) is 10.7. The van der Waals surface area contributed by atoms with Crippen LogP contribution in [0.5, 0.6) is 0 Å². The summed E-state index contributed by atoms with van der Waals surface area (Å²) in [6.07, 6.45) is -0.702. The van der Waals surface area contributed by atoms with E-state index in [4.69, 9.17) is 0 Å². The summed E-state index contributed by atoms with van der Waals surface area (Å²) in [7, 11) is 0. The Morgan fingerprint density at radius 2 is 2.07 bits per heavy atom. The number of carbonyl (C=O) groups excluding carboxylic acids is 1. The fourth-order valence-corrected chi connectivity index (χ4v) is 1.16. The molecule has 3 heteroatoms. The van der Waals surface area contributed by atoms with Crippen molar-refractivity contribution in [2.45, 2.75) is 26.1 Å². The zero-order chi connectivity index (χ0) is 10.4. The summed E-state index contributed by atoms with van der Waals surface area (Å²) in [6.45, 7) is 1.20. The molecule has 0 saturated heterocycles. The monoisotopic (exact) mass is 196 g/mol. The summed E-state index contributed by atoms with van der Waals surface area (Å²) >= 11 is 0. The van der Waals surface area contributed by atoms with Crippen LogP contribution in [-0.2, 0) is 16.0 Å². The van der Waals surface area contributed by atoms with Crippen LogP contribution in [0, 0.1) is 0 Å². The molecule has 14 heavy (non-hydrogen) atoms. The first-order valence-electron chi connectivity index (χ1n) is 4.53. The summed E-state index contributed by atoms with van der Waals surface area (Å²) in [5.41, 5.74) is 1.04. The average Bonchev–Trinajstić information content (AvgIpc) is 2.15. The minimum absolute atomic E-state index is 0.212. The second-order valence-electron chi connectivity index (χ2n) is 3.04. The molecule has 2 nitrogen and oxygen atoms in total. The van der Waals surface area contributed by atoms with Crippen LogP contribution in [0.2, 0.25) is 0 Å². The Labute approximate surface area is 82.7 Å². The summed E-state index contributed by atoms with van der Waals surface area (Å²) in [5.74, 6) is -0.578. The molecule has 0 saturated carbocycles. The van der Waals surface area contributed by atoms with Gasteiger partial charge in [0.25, 0.3) is 0 Å². The van der Waals surface area contributed by atoms with Crippen molar-refractivity contribution in [2.75, 3.05) is 0 Å². The van der Waals surface area contributed by atoms with Crippen LogP contribution < -0.4 is 0 Å². The zero-order valence-corrected chi connectivity index (χ0v) is 8.07. The summed E-state index contributed by atoms with van der Waals surface area (Å²) in [6, 6.07) is 9.53. The third-order valence-electron chi connectivity index (χ3n) is 1.80. The van der Waals surface area contributed by atoms with Gasteiger partial charge in [0.05, 0.1) is 0 Å². The molecule has 1 unspecified atom stereocenters. The van der Waals surface area contributed by atoms with Crippen LogP contribution >= 0.6 is 0 Å². The number of ether oxygens (including phenoxy) is 1. The van der Waals surface area contributed by atoms with Crippen LogP contribution in [0.25, 0.3) is 0 Å². The Kier molecular flexibility index (Phi) is 4.11. The van der Waals surface area contributed by atoms with Crippen LogP contribution in [0.15, 0.2) is 30.3 Å². The third-order valence-corrected chi connectivity index (χ3v) is 1.80. The summed E-state index contributed by atoms with van der Waals surface area (Å²) < 4.78 is 17.3. The van der Waals surface area contributed by atoms with E-state index in [1.165, 1.54) is 6.92 Å². The maximum absolute atomic E-state index is 12.9. The topological polar surface area (TPSA) is 26.3 Å². The van der Waals surface area contributed by atoms with Crippen molar-refractivity contribution in [3.8, 4) is 0 Å². The number of esters is 1. The van der Waals surface area contributed by atoms with E-state index in [1.807, 2.05) is 30.3 Å². The van der Waals surface area contributed by atoms with Gasteiger partial charge in [-0.1, -0.05) is 30.3 Å². The Bertz CT molecular complexity index is 285.